The van der Waals surface area contributed by atoms with E-state index >= 15 is 0 Å². The minimum Gasteiger partial charge on any atom is -0.507 e. The molecule has 0 spiro atoms. The van der Waals surface area contributed by atoms with E-state index < -0.39 is 15.7 Å². The van der Waals surface area contributed by atoms with Crippen molar-refractivity contribution in [2.24, 2.45) is 0 Å². The van der Waals surface area contributed by atoms with Gasteiger partial charge in [-0.15, -0.1) is 0 Å². The van der Waals surface area contributed by atoms with Crippen LogP contribution in [-0.4, -0.2) is 20.1 Å². The van der Waals surface area contributed by atoms with E-state index in [0.717, 1.165) is 5.41 Å². The molecule has 0 radical (unpaired) electrons. The molecule has 108 valence electrons. The number of benzene rings is 2. The van der Waals surface area contributed by atoms with Crippen molar-refractivity contribution in [2.75, 3.05) is 6.61 Å². The molecule has 1 heterocycles. The number of ether oxygens (including phenoxy) is 1. The first kappa shape index (κ1) is 13.6. The Morgan fingerprint density at radius 3 is 2.62 bits per heavy atom. The third-order valence-electron chi connectivity index (χ3n) is 3.14. The van der Waals surface area contributed by atoms with Gasteiger partial charge in [0.05, 0.1) is 0 Å². The van der Waals surface area contributed by atoms with Gasteiger partial charge in [0.1, 0.15) is 17.3 Å². The third-order valence-corrected chi connectivity index (χ3v) is 4.73. The van der Waals surface area contributed by atoms with Crippen LogP contribution in [-0.2, 0) is 9.84 Å². The molecular formula is C15H11FO4S. The normalized spacial score (nSPS) is 15.4. The molecule has 0 aromatic heterocycles. The van der Waals surface area contributed by atoms with Gasteiger partial charge in [-0.1, -0.05) is 24.3 Å². The summed E-state index contributed by atoms with van der Waals surface area (Å²) in [6.45, 7) is -0.101. The van der Waals surface area contributed by atoms with Crippen LogP contribution in [0.5, 0.6) is 11.5 Å². The molecule has 0 atom stereocenters. The monoisotopic (exact) mass is 306 g/mol. The lowest BCUT2D eigenvalue weighted by molar-refractivity contribution is 0.347. The highest BCUT2D eigenvalue weighted by Gasteiger charge is 2.30. The van der Waals surface area contributed by atoms with E-state index in [1.807, 2.05) is 0 Å². The molecule has 4 nitrogen and oxygen atoms in total. The molecule has 0 saturated carbocycles. The molecule has 0 unspecified atom stereocenters. The van der Waals surface area contributed by atoms with Crippen LogP contribution in [0, 0.1) is 5.82 Å². The SMILES string of the molecule is O=S1(=O)C=C(COc2ccccc2F)c2cccc(O)c21. The van der Waals surface area contributed by atoms with E-state index in [1.165, 1.54) is 24.3 Å². The fourth-order valence-corrected chi connectivity index (χ4v) is 3.77. The smallest absolute Gasteiger partial charge is 0.204 e. The maximum Gasteiger partial charge on any atom is 0.204 e. The number of phenolic OH excluding ortho intramolecular Hbond substituents is 1. The van der Waals surface area contributed by atoms with Gasteiger partial charge < -0.3 is 9.84 Å². The van der Waals surface area contributed by atoms with Gasteiger partial charge in [-0.05, 0) is 18.2 Å². The second kappa shape index (κ2) is 4.89. The Kier molecular flexibility index (Phi) is 3.17. The zero-order valence-electron chi connectivity index (χ0n) is 10.8. The summed E-state index contributed by atoms with van der Waals surface area (Å²) in [6, 6.07) is 10.3. The first-order chi connectivity index (χ1) is 9.99. The molecular weight excluding hydrogens is 295 g/mol. The number of sulfone groups is 1. The van der Waals surface area contributed by atoms with Crippen LogP contribution in [0.1, 0.15) is 5.56 Å². The summed E-state index contributed by atoms with van der Waals surface area (Å²) in [5, 5.41) is 10.7. The second-order valence-corrected chi connectivity index (χ2v) is 6.29. The molecule has 0 aliphatic carbocycles. The van der Waals surface area contributed by atoms with Crippen LogP contribution < -0.4 is 4.74 Å². The van der Waals surface area contributed by atoms with Crippen molar-refractivity contribution in [1.82, 2.24) is 0 Å². The van der Waals surface area contributed by atoms with Crippen molar-refractivity contribution in [2.45, 2.75) is 4.90 Å². The lowest BCUT2D eigenvalue weighted by Gasteiger charge is -2.08. The van der Waals surface area contributed by atoms with Gasteiger partial charge in [0.15, 0.2) is 11.6 Å². The van der Waals surface area contributed by atoms with Gasteiger partial charge in [0.25, 0.3) is 0 Å². The highest BCUT2D eigenvalue weighted by Crippen LogP contribution is 2.39. The maximum absolute atomic E-state index is 13.5. The summed E-state index contributed by atoms with van der Waals surface area (Å²) in [5.74, 6) is -0.774. The Morgan fingerprint density at radius 2 is 1.86 bits per heavy atom. The number of hydrogen-bond donors (Lipinski definition) is 1. The Labute approximate surface area is 121 Å². The van der Waals surface area contributed by atoms with Crippen LogP contribution >= 0.6 is 0 Å². The Morgan fingerprint density at radius 1 is 1.10 bits per heavy atom. The van der Waals surface area contributed by atoms with E-state index in [-0.39, 0.29) is 23.0 Å². The number of phenols is 1. The Hall–Kier alpha value is -2.34. The second-order valence-electron chi connectivity index (χ2n) is 4.56. The van der Waals surface area contributed by atoms with Crippen molar-refractivity contribution in [1.29, 1.82) is 0 Å². The molecule has 0 amide bonds. The van der Waals surface area contributed by atoms with E-state index in [0.29, 0.717) is 11.1 Å². The summed E-state index contributed by atoms with van der Waals surface area (Å²) in [7, 11) is -3.69. The topological polar surface area (TPSA) is 63.6 Å². The third kappa shape index (κ3) is 2.38. The van der Waals surface area contributed by atoms with Crippen LogP contribution in [0.15, 0.2) is 52.8 Å². The number of rotatable bonds is 3. The quantitative estimate of drug-likeness (QED) is 0.947. The zero-order valence-corrected chi connectivity index (χ0v) is 11.6. The molecule has 3 rings (SSSR count). The molecule has 0 fully saturated rings. The van der Waals surface area contributed by atoms with E-state index in [2.05, 4.69) is 0 Å². The highest BCUT2D eigenvalue weighted by atomic mass is 32.2. The lowest BCUT2D eigenvalue weighted by atomic mass is 10.1. The van der Waals surface area contributed by atoms with E-state index in [4.69, 9.17) is 4.74 Å². The van der Waals surface area contributed by atoms with Crippen molar-refractivity contribution in [3.8, 4) is 11.5 Å². The average molecular weight is 306 g/mol. The lowest BCUT2D eigenvalue weighted by Crippen LogP contribution is -2.01. The van der Waals surface area contributed by atoms with Crippen molar-refractivity contribution < 1.29 is 22.7 Å². The predicted octanol–water partition coefficient (Wildman–Crippen LogP) is 2.74. The van der Waals surface area contributed by atoms with E-state index in [1.54, 1.807) is 18.2 Å². The first-order valence-corrected chi connectivity index (χ1v) is 7.69. The maximum atomic E-state index is 13.5. The summed E-state index contributed by atoms with van der Waals surface area (Å²) in [4.78, 5) is -0.128. The van der Waals surface area contributed by atoms with Gasteiger partial charge in [-0.25, -0.2) is 12.8 Å². The molecule has 2 aromatic carbocycles. The average Bonchev–Trinajstić information content (AvgIpc) is 2.70. The van der Waals surface area contributed by atoms with Gasteiger partial charge in [-0.3, -0.25) is 0 Å². The minimum absolute atomic E-state index is 0.0457. The first-order valence-electron chi connectivity index (χ1n) is 6.14. The molecule has 0 bridgehead atoms. The zero-order chi connectivity index (χ0) is 15.0. The largest absolute Gasteiger partial charge is 0.507 e. The fourth-order valence-electron chi connectivity index (χ4n) is 2.22. The number of hydrogen-bond acceptors (Lipinski definition) is 4. The Balaban J connectivity index is 1.92. The van der Waals surface area contributed by atoms with Crippen LogP contribution in [0.3, 0.4) is 0 Å². The highest BCUT2D eigenvalue weighted by molar-refractivity contribution is 7.95. The molecule has 1 aliphatic heterocycles. The van der Waals surface area contributed by atoms with Gasteiger partial charge in [-0.2, -0.15) is 0 Å². The standard InChI is InChI=1S/C15H11FO4S/c16-12-5-1-2-7-14(12)20-8-10-9-21(18,19)15-11(10)4-3-6-13(15)17/h1-7,9,17H,8H2. The molecule has 1 aliphatic rings. The number of para-hydroxylation sites is 1. The summed E-state index contributed by atoms with van der Waals surface area (Å²) in [5.41, 5.74) is 0.760. The molecule has 6 heteroatoms. The van der Waals surface area contributed by atoms with Crippen molar-refractivity contribution in [3.63, 3.8) is 0 Å². The number of halogens is 1. The van der Waals surface area contributed by atoms with Crippen LogP contribution in [0.2, 0.25) is 0 Å². The van der Waals surface area contributed by atoms with Crippen LogP contribution in [0.25, 0.3) is 5.57 Å². The predicted molar refractivity (Wildman–Crippen MR) is 75.2 cm³/mol. The summed E-state index contributed by atoms with van der Waals surface area (Å²) >= 11 is 0. The summed E-state index contributed by atoms with van der Waals surface area (Å²) in [6.07, 6.45) is 0. The van der Waals surface area contributed by atoms with E-state index in [9.17, 15) is 17.9 Å². The fraction of sp³-hybridized carbons (Fsp3) is 0.0667. The van der Waals surface area contributed by atoms with Gasteiger partial charge in [0.2, 0.25) is 9.84 Å². The van der Waals surface area contributed by atoms with Gasteiger partial charge in [0, 0.05) is 16.5 Å². The van der Waals surface area contributed by atoms with Crippen molar-refractivity contribution in [3.05, 3.63) is 59.3 Å². The van der Waals surface area contributed by atoms with Crippen LogP contribution in [0.4, 0.5) is 4.39 Å². The number of fused-ring (bicyclic) bond motifs is 1. The minimum atomic E-state index is -3.69. The molecule has 0 saturated heterocycles. The molecule has 21 heavy (non-hydrogen) atoms. The molecule has 2 aromatic rings. The van der Waals surface area contributed by atoms with Crippen molar-refractivity contribution >= 4 is 15.4 Å². The van der Waals surface area contributed by atoms with Gasteiger partial charge >= 0.3 is 0 Å². The number of aromatic hydroxyl groups is 1. The molecule has 1 N–H and O–H groups in total. The summed E-state index contributed by atoms with van der Waals surface area (Å²) < 4.78 is 42.8. The Bertz CT molecular complexity index is 841.